The van der Waals surface area contributed by atoms with Gasteiger partial charge in [-0.3, -0.25) is 4.79 Å². The van der Waals surface area contributed by atoms with Crippen LogP contribution in [0.2, 0.25) is 0 Å². The molecular formula is C24H41NO2. The first-order valence-electron chi connectivity index (χ1n) is 11.0. The largest absolute Gasteiger partial charge is 0.427 e. The molecule has 0 spiro atoms. The molecule has 0 saturated heterocycles. The lowest BCUT2D eigenvalue weighted by Gasteiger charge is -2.30. The number of carbonyl (C=O) groups is 1. The zero-order chi connectivity index (χ0) is 20.0. The SMILES string of the molecule is CCCCCCCCCCCCC(CC(=O)Oc1ccccc1)C(C)(C)N. The molecule has 3 nitrogen and oxygen atoms in total. The molecule has 1 unspecified atom stereocenters. The summed E-state index contributed by atoms with van der Waals surface area (Å²) in [6.07, 6.45) is 14.6. The molecule has 27 heavy (non-hydrogen) atoms. The Morgan fingerprint density at radius 1 is 0.926 bits per heavy atom. The van der Waals surface area contributed by atoms with E-state index in [-0.39, 0.29) is 17.4 Å². The van der Waals surface area contributed by atoms with Crippen LogP contribution in [-0.4, -0.2) is 11.5 Å². The Morgan fingerprint density at radius 3 is 1.96 bits per heavy atom. The monoisotopic (exact) mass is 375 g/mol. The second kappa shape index (κ2) is 13.8. The van der Waals surface area contributed by atoms with E-state index in [1.807, 2.05) is 44.2 Å². The molecule has 1 rings (SSSR count). The van der Waals surface area contributed by atoms with Crippen LogP contribution in [0.1, 0.15) is 97.8 Å². The van der Waals surface area contributed by atoms with Crippen molar-refractivity contribution in [3.05, 3.63) is 30.3 Å². The Balaban J connectivity index is 2.22. The van der Waals surface area contributed by atoms with Crippen LogP contribution >= 0.6 is 0 Å². The van der Waals surface area contributed by atoms with Crippen molar-refractivity contribution in [2.24, 2.45) is 11.7 Å². The van der Waals surface area contributed by atoms with E-state index in [1.165, 1.54) is 57.8 Å². The summed E-state index contributed by atoms with van der Waals surface area (Å²) in [5.41, 5.74) is 5.97. The molecule has 3 heteroatoms. The van der Waals surface area contributed by atoms with Crippen molar-refractivity contribution >= 4 is 5.97 Å². The van der Waals surface area contributed by atoms with Gasteiger partial charge in [-0.1, -0.05) is 89.3 Å². The van der Waals surface area contributed by atoms with Gasteiger partial charge in [0.15, 0.2) is 0 Å². The molecule has 0 aliphatic rings. The second-order valence-corrected chi connectivity index (χ2v) is 8.48. The van der Waals surface area contributed by atoms with Gasteiger partial charge in [-0.15, -0.1) is 0 Å². The van der Waals surface area contributed by atoms with Crippen molar-refractivity contribution in [2.45, 2.75) is 103 Å². The molecule has 0 bridgehead atoms. The molecule has 0 heterocycles. The van der Waals surface area contributed by atoms with E-state index in [1.54, 1.807) is 0 Å². The summed E-state index contributed by atoms with van der Waals surface area (Å²) in [6, 6.07) is 9.27. The summed E-state index contributed by atoms with van der Waals surface area (Å²) in [6.45, 7) is 6.30. The third kappa shape index (κ3) is 11.9. The number of para-hydroxylation sites is 1. The first kappa shape index (κ1) is 23.7. The quantitative estimate of drug-likeness (QED) is 0.212. The van der Waals surface area contributed by atoms with Crippen LogP contribution in [0.15, 0.2) is 30.3 Å². The molecular weight excluding hydrogens is 334 g/mol. The van der Waals surface area contributed by atoms with Gasteiger partial charge in [-0.05, 0) is 38.3 Å². The molecule has 1 atom stereocenters. The summed E-state index contributed by atoms with van der Waals surface area (Å²) in [4.78, 5) is 12.3. The van der Waals surface area contributed by atoms with Gasteiger partial charge in [0.2, 0.25) is 0 Å². The molecule has 0 aliphatic heterocycles. The molecule has 0 amide bonds. The lowest BCUT2D eigenvalue weighted by atomic mass is 9.82. The van der Waals surface area contributed by atoms with Crippen LogP contribution in [0.4, 0.5) is 0 Å². The molecule has 0 saturated carbocycles. The molecule has 0 radical (unpaired) electrons. The summed E-state index contributed by atoms with van der Waals surface area (Å²) in [5.74, 6) is 0.578. The molecule has 0 aliphatic carbocycles. The second-order valence-electron chi connectivity index (χ2n) is 8.48. The standard InChI is InChI=1S/C24H41NO2/c1-4-5-6-7-8-9-10-11-12-14-17-21(24(2,3)25)20-23(26)27-22-18-15-13-16-19-22/h13,15-16,18-19,21H,4-12,14,17,20,25H2,1-3H3. The normalized spacial score (nSPS) is 12.7. The van der Waals surface area contributed by atoms with Gasteiger partial charge in [0, 0.05) is 5.54 Å². The van der Waals surface area contributed by atoms with Gasteiger partial charge in [0.25, 0.3) is 0 Å². The highest BCUT2D eigenvalue weighted by molar-refractivity contribution is 5.72. The van der Waals surface area contributed by atoms with Crippen molar-refractivity contribution in [2.75, 3.05) is 0 Å². The van der Waals surface area contributed by atoms with Crippen LogP contribution in [0.3, 0.4) is 0 Å². The zero-order valence-electron chi connectivity index (χ0n) is 17.8. The number of carbonyl (C=O) groups excluding carboxylic acids is 1. The first-order valence-corrected chi connectivity index (χ1v) is 11.0. The third-order valence-corrected chi connectivity index (χ3v) is 5.35. The first-order chi connectivity index (χ1) is 12.9. The summed E-state index contributed by atoms with van der Waals surface area (Å²) >= 11 is 0. The fourth-order valence-electron chi connectivity index (χ4n) is 3.48. The smallest absolute Gasteiger partial charge is 0.311 e. The Hall–Kier alpha value is -1.35. The topological polar surface area (TPSA) is 52.3 Å². The Kier molecular flexibility index (Phi) is 12.1. The average Bonchev–Trinajstić information content (AvgIpc) is 2.62. The number of rotatable bonds is 15. The maximum atomic E-state index is 12.3. The Labute approximate surface area is 167 Å². The minimum atomic E-state index is -0.366. The maximum Gasteiger partial charge on any atom is 0.311 e. The van der Waals surface area contributed by atoms with Crippen molar-refractivity contribution in [3.63, 3.8) is 0 Å². The van der Waals surface area contributed by atoms with Crippen LogP contribution in [0.25, 0.3) is 0 Å². The average molecular weight is 376 g/mol. The van der Waals surface area contributed by atoms with E-state index in [2.05, 4.69) is 6.92 Å². The van der Waals surface area contributed by atoms with Crippen molar-refractivity contribution in [1.82, 2.24) is 0 Å². The van der Waals surface area contributed by atoms with Gasteiger partial charge in [0.05, 0.1) is 6.42 Å². The van der Waals surface area contributed by atoms with Gasteiger partial charge in [-0.2, -0.15) is 0 Å². The number of benzene rings is 1. The number of hydrogen-bond acceptors (Lipinski definition) is 3. The highest BCUT2D eigenvalue weighted by Gasteiger charge is 2.27. The summed E-state index contributed by atoms with van der Waals surface area (Å²) in [7, 11) is 0. The fourth-order valence-corrected chi connectivity index (χ4v) is 3.48. The molecule has 2 N–H and O–H groups in total. The van der Waals surface area contributed by atoms with Crippen LogP contribution in [0, 0.1) is 5.92 Å². The highest BCUT2D eigenvalue weighted by Crippen LogP contribution is 2.25. The van der Waals surface area contributed by atoms with Crippen molar-refractivity contribution in [3.8, 4) is 5.75 Å². The number of unbranched alkanes of at least 4 members (excludes halogenated alkanes) is 9. The lowest BCUT2D eigenvalue weighted by molar-refractivity contribution is -0.136. The van der Waals surface area contributed by atoms with Crippen molar-refractivity contribution in [1.29, 1.82) is 0 Å². The highest BCUT2D eigenvalue weighted by atomic mass is 16.5. The Bertz CT molecular complexity index is 493. The van der Waals surface area contributed by atoms with E-state index >= 15 is 0 Å². The van der Waals surface area contributed by atoms with E-state index in [4.69, 9.17) is 10.5 Å². The maximum absolute atomic E-state index is 12.3. The van der Waals surface area contributed by atoms with Crippen LogP contribution < -0.4 is 10.5 Å². The predicted octanol–water partition coefficient (Wildman–Crippen LogP) is 6.65. The van der Waals surface area contributed by atoms with Gasteiger partial charge in [0.1, 0.15) is 5.75 Å². The van der Waals surface area contributed by atoms with Crippen LogP contribution in [-0.2, 0) is 4.79 Å². The van der Waals surface area contributed by atoms with E-state index in [0.717, 1.165) is 12.8 Å². The number of ether oxygens (including phenoxy) is 1. The molecule has 1 aromatic rings. The van der Waals surface area contributed by atoms with Crippen LogP contribution in [0.5, 0.6) is 5.75 Å². The molecule has 1 aromatic carbocycles. The van der Waals surface area contributed by atoms with Gasteiger partial charge >= 0.3 is 5.97 Å². The predicted molar refractivity (Wildman–Crippen MR) is 115 cm³/mol. The lowest BCUT2D eigenvalue weighted by Crippen LogP contribution is -2.42. The molecule has 154 valence electrons. The minimum absolute atomic E-state index is 0.155. The van der Waals surface area contributed by atoms with E-state index in [9.17, 15) is 4.79 Å². The number of esters is 1. The summed E-state index contributed by atoms with van der Waals surface area (Å²) in [5, 5.41) is 0. The number of hydrogen-bond donors (Lipinski definition) is 1. The summed E-state index contributed by atoms with van der Waals surface area (Å²) < 4.78 is 5.45. The Morgan fingerprint density at radius 2 is 1.44 bits per heavy atom. The fraction of sp³-hybridized carbons (Fsp3) is 0.708. The van der Waals surface area contributed by atoms with E-state index < -0.39 is 0 Å². The van der Waals surface area contributed by atoms with Gasteiger partial charge < -0.3 is 10.5 Å². The van der Waals surface area contributed by atoms with Crippen molar-refractivity contribution < 1.29 is 9.53 Å². The number of nitrogens with two attached hydrogens (primary N) is 1. The van der Waals surface area contributed by atoms with E-state index in [0.29, 0.717) is 12.2 Å². The third-order valence-electron chi connectivity index (χ3n) is 5.35. The molecule has 0 aromatic heterocycles. The molecule has 0 fully saturated rings. The zero-order valence-corrected chi connectivity index (χ0v) is 17.8. The minimum Gasteiger partial charge on any atom is -0.427 e. The van der Waals surface area contributed by atoms with Gasteiger partial charge in [-0.25, -0.2) is 0 Å².